The first-order chi connectivity index (χ1) is 14.5. The van der Waals surface area contributed by atoms with Crippen LogP contribution in [-0.2, 0) is 6.61 Å². The number of hydrogen-bond donors (Lipinski definition) is 3. The number of carbonyl (C=O) groups is 2. The summed E-state index contributed by atoms with van der Waals surface area (Å²) >= 11 is 5.06. The Morgan fingerprint density at radius 3 is 2.27 bits per heavy atom. The van der Waals surface area contributed by atoms with Crippen molar-refractivity contribution in [3.05, 3.63) is 101 Å². The van der Waals surface area contributed by atoms with E-state index in [9.17, 15) is 9.59 Å². The molecule has 0 saturated heterocycles. The Bertz CT molecular complexity index is 1040. The smallest absolute Gasteiger partial charge is 0.269 e. The number of thiocarbonyl (C=S) groups is 1. The van der Waals surface area contributed by atoms with Crippen molar-refractivity contribution in [2.24, 2.45) is 0 Å². The van der Waals surface area contributed by atoms with Gasteiger partial charge in [0.1, 0.15) is 12.4 Å². The van der Waals surface area contributed by atoms with E-state index in [1.165, 1.54) is 0 Å². The van der Waals surface area contributed by atoms with Crippen LogP contribution in [0.4, 0.5) is 0 Å². The van der Waals surface area contributed by atoms with Crippen LogP contribution in [0.3, 0.4) is 0 Å². The van der Waals surface area contributed by atoms with E-state index in [0.29, 0.717) is 23.5 Å². The maximum absolute atomic E-state index is 12.3. The van der Waals surface area contributed by atoms with Gasteiger partial charge in [-0.05, 0) is 61.1 Å². The molecule has 30 heavy (non-hydrogen) atoms. The van der Waals surface area contributed by atoms with Crippen LogP contribution >= 0.6 is 12.2 Å². The summed E-state index contributed by atoms with van der Waals surface area (Å²) in [6.07, 6.45) is 0. The van der Waals surface area contributed by atoms with Crippen LogP contribution in [-0.4, -0.2) is 16.9 Å². The van der Waals surface area contributed by atoms with E-state index in [-0.39, 0.29) is 11.0 Å². The van der Waals surface area contributed by atoms with Gasteiger partial charge >= 0.3 is 0 Å². The van der Waals surface area contributed by atoms with Crippen LogP contribution in [0.1, 0.15) is 31.8 Å². The van der Waals surface area contributed by atoms with Crippen LogP contribution < -0.4 is 20.9 Å². The van der Waals surface area contributed by atoms with Crippen molar-refractivity contribution < 1.29 is 14.3 Å². The number of carbonyl (C=O) groups excluding carboxylic acids is 2. The normalized spacial score (nSPS) is 10.0. The van der Waals surface area contributed by atoms with Gasteiger partial charge in [-0.25, -0.2) is 0 Å². The lowest BCUT2D eigenvalue weighted by Gasteiger charge is -2.11. The highest BCUT2D eigenvalue weighted by atomic mass is 32.1. The fraction of sp³-hybridized carbons (Fsp3) is 0.0870. The summed E-state index contributed by atoms with van der Waals surface area (Å²) in [4.78, 5) is 24.4. The number of ether oxygens (including phenoxy) is 1. The Kier molecular flexibility index (Phi) is 7.13. The predicted molar refractivity (Wildman–Crippen MR) is 119 cm³/mol. The van der Waals surface area contributed by atoms with Crippen molar-refractivity contribution in [2.75, 3.05) is 0 Å². The molecule has 0 heterocycles. The first kappa shape index (κ1) is 21.0. The van der Waals surface area contributed by atoms with Crippen LogP contribution in [0.15, 0.2) is 78.9 Å². The highest BCUT2D eigenvalue weighted by Crippen LogP contribution is 2.14. The quantitative estimate of drug-likeness (QED) is 0.436. The van der Waals surface area contributed by atoms with E-state index in [1.807, 2.05) is 43.3 Å². The minimum absolute atomic E-state index is 0.00216. The summed E-state index contributed by atoms with van der Waals surface area (Å²) in [5.41, 5.74) is 7.91. The molecule has 0 atom stereocenters. The molecule has 2 amide bonds. The fourth-order valence-corrected chi connectivity index (χ4v) is 2.77. The molecule has 3 aromatic carbocycles. The van der Waals surface area contributed by atoms with Crippen LogP contribution in [0, 0.1) is 6.92 Å². The highest BCUT2D eigenvalue weighted by molar-refractivity contribution is 7.80. The minimum Gasteiger partial charge on any atom is -0.489 e. The molecule has 3 N–H and O–H groups in total. The summed E-state index contributed by atoms with van der Waals surface area (Å²) in [7, 11) is 0. The number of hydrogen-bond acceptors (Lipinski definition) is 4. The first-order valence-corrected chi connectivity index (χ1v) is 9.67. The molecule has 7 heteroatoms. The third-order valence-electron chi connectivity index (χ3n) is 4.16. The zero-order valence-corrected chi connectivity index (χ0v) is 17.2. The van der Waals surface area contributed by atoms with Gasteiger partial charge in [-0.1, -0.05) is 48.0 Å². The van der Waals surface area contributed by atoms with Gasteiger partial charge in [-0.3, -0.25) is 25.8 Å². The Labute approximate surface area is 180 Å². The third kappa shape index (κ3) is 6.15. The monoisotopic (exact) mass is 419 g/mol. The zero-order chi connectivity index (χ0) is 21.3. The molecule has 0 saturated carbocycles. The summed E-state index contributed by atoms with van der Waals surface area (Å²) in [6, 6.07) is 23.7. The SMILES string of the molecule is Cc1cccc(C(=O)NC(=S)NNC(=O)c2ccc(OCc3ccccc3)cc2)c1. The van der Waals surface area contributed by atoms with Gasteiger partial charge < -0.3 is 4.74 Å². The number of aryl methyl sites for hydroxylation is 1. The lowest BCUT2D eigenvalue weighted by atomic mass is 10.1. The molecule has 0 aliphatic heterocycles. The van der Waals surface area contributed by atoms with Crippen LogP contribution in [0.25, 0.3) is 0 Å². The van der Waals surface area contributed by atoms with E-state index < -0.39 is 5.91 Å². The van der Waals surface area contributed by atoms with Crippen molar-refractivity contribution in [1.82, 2.24) is 16.2 Å². The number of benzene rings is 3. The molecule has 0 aliphatic carbocycles. The first-order valence-electron chi connectivity index (χ1n) is 9.26. The molecule has 3 rings (SSSR count). The standard InChI is InChI=1S/C23H21N3O3S/c1-16-6-5-9-19(14-16)21(27)24-23(30)26-25-22(28)18-10-12-20(13-11-18)29-15-17-7-3-2-4-8-17/h2-14H,15H2,1H3,(H,25,28)(H2,24,26,27,30). The topological polar surface area (TPSA) is 79.5 Å². The summed E-state index contributed by atoms with van der Waals surface area (Å²) in [6.45, 7) is 2.34. The second kappa shape index (κ2) is 10.2. The average molecular weight is 420 g/mol. The van der Waals surface area contributed by atoms with Gasteiger partial charge in [0.05, 0.1) is 0 Å². The molecule has 0 unspecified atom stereocenters. The lowest BCUT2D eigenvalue weighted by molar-refractivity contribution is 0.0934. The second-order valence-electron chi connectivity index (χ2n) is 6.53. The summed E-state index contributed by atoms with van der Waals surface area (Å²) in [5.74, 6) is -0.0913. The fourth-order valence-electron chi connectivity index (χ4n) is 2.62. The average Bonchev–Trinajstić information content (AvgIpc) is 2.77. The zero-order valence-electron chi connectivity index (χ0n) is 16.3. The number of rotatable bonds is 5. The van der Waals surface area contributed by atoms with Gasteiger partial charge in [-0.15, -0.1) is 0 Å². The van der Waals surface area contributed by atoms with Gasteiger partial charge in [-0.2, -0.15) is 0 Å². The Balaban J connectivity index is 1.46. The molecule has 0 radical (unpaired) electrons. The van der Waals surface area contributed by atoms with E-state index in [1.54, 1.807) is 42.5 Å². The van der Waals surface area contributed by atoms with Gasteiger partial charge in [0.25, 0.3) is 11.8 Å². The molecular formula is C23H21N3O3S. The molecule has 0 aliphatic rings. The molecule has 0 spiro atoms. The number of amides is 2. The number of hydrazine groups is 1. The van der Waals surface area contributed by atoms with E-state index in [0.717, 1.165) is 11.1 Å². The van der Waals surface area contributed by atoms with E-state index >= 15 is 0 Å². The van der Waals surface area contributed by atoms with Crippen LogP contribution in [0.2, 0.25) is 0 Å². The van der Waals surface area contributed by atoms with Gasteiger partial charge in [0, 0.05) is 11.1 Å². The molecule has 0 aromatic heterocycles. The largest absolute Gasteiger partial charge is 0.489 e. The Morgan fingerprint density at radius 1 is 0.833 bits per heavy atom. The van der Waals surface area contributed by atoms with Crippen molar-refractivity contribution >= 4 is 29.1 Å². The lowest BCUT2D eigenvalue weighted by Crippen LogP contribution is -2.48. The van der Waals surface area contributed by atoms with Gasteiger partial charge in [0.15, 0.2) is 5.11 Å². The Morgan fingerprint density at radius 2 is 1.57 bits per heavy atom. The maximum atomic E-state index is 12.3. The summed E-state index contributed by atoms with van der Waals surface area (Å²) in [5, 5.41) is 2.52. The molecule has 6 nitrogen and oxygen atoms in total. The molecule has 152 valence electrons. The molecular weight excluding hydrogens is 398 g/mol. The molecule has 3 aromatic rings. The molecule has 0 bridgehead atoms. The molecule has 0 fully saturated rings. The minimum atomic E-state index is -0.392. The highest BCUT2D eigenvalue weighted by Gasteiger charge is 2.10. The van der Waals surface area contributed by atoms with Crippen molar-refractivity contribution in [1.29, 1.82) is 0 Å². The van der Waals surface area contributed by atoms with Crippen molar-refractivity contribution in [2.45, 2.75) is 13.5 Å². The maximum Gasteiger partial charge on any atom is 0.269 e. The van der Waals surface area contributed by atoms with Crippen molar-refractivity contribution in [3.63, 3.8) is 0 Å². The van der Waals surface area contributed by atoms with Crippen LogP contribution in [0.5, 0.6) is 5.75 Å². The van der Waals surface area contributed by atoms with E-state index in [2.05, 4.69) is 16.2 Å². The third-order valence-corrected chi connectivity index (χ3v) is 4.37. The van der Waals surface area contributed by atoms with Gasteiger partial charge in [0.2, 0.25) is 0 Å². The van der Waals surface area contributed by atoms with E-state index in [4.69, 9.17) is 17.0 Å². The predicted octanol–water partition coefficient (Wildman–Crippen LogP) is 3.52. The second-order valence-corrected chi connectivity index (χ2v) is 6.94. The summed E-state index contributed by atoms with van der Waals surface area (Å²) < 4.78 is 5.70. The number of nitrogens with one attached hydrogen (secondary N) is 3. The van der Waals surface area contributed by atoms with Crippen molar-refractivity contribution in [3.8, 4) is 5.75 Å². The Hall–Kier alpha value is -3.71.